The molecule has 0 bridgehead atoms. The third-order valence-corrected chi connectivity index (χ3v) is 3.16. The van der Waals surface area contributed by atoms with Crippen molar-refractivity contribution in [2.24, 2.45) is 0 Å². The molecule has 3 heteroatoms. The van der Waals surface area contributed by atoms with Gasteiger partial charge < -0.3 is 10.6 Å². The molecule has 0 spiro atoms. The van der Waals surface area contributed by atoms with Gasteiger partial charge in [0.2, 0.25) is 0 Å². The Morgan fingerprint density at radius 2 is 2.36 bits per heavy atom. The Hall–Kier alpha value is -1.09. The molecular formula is C11H18N3+. The molecule has 76 valence electrons. The normalized spacial score (nSPS) is 27.5. The van der Waals surface area contributed by atoms with Gasteiger partial charge in [0, 0.05) is 12.6 Å². The molecule has 3 nitrogen and oxygen atoms in total. The van der Waals surface area contributed by atoms with E-state index in [0.29, 0.717) is 11.9 Å². The predicted molar refractivity (Wildman–Crippen MR) is 57.0 cm³/mol. The topological polar surface area (TPSA) is 43.4 Å². The summed E-state index contributed by atoms with van der Waals surface area (Å²) in [4.78, 5) is 5.72. The third-order valence-electron chi connectivity index (χ3n) is 3.16. The van der Waals surface area contributed by atoms with Crippen molar-refractivity contribution < 1.29 is 4.90 Å². The lowest BCUT2D eigenvalue weighted by atomic mass is 9.96. The SMILES string of the molecule is C[NH+]1CCCCC1c1cccnc1N. The van der Waals surface area contributed by atoms with Crippen LogP contribution in [0.4, 0.5) is 5.82 Å². The Labute approximate surface area is 84.9 Å². The number of likely N-dealkylation sites (tertiary alicyclic amines) is 1. The zero-order chi connectivity index (χ0) is 9.97. The van der Waals surface area contributed by atoms with Crippen LogP contribution in [0.1, 0.15) is 30.9 Å². The molecule has 1 aliphatic heterocycles. The Morgan fingerprint density at radius 3 is 3.07 bits per heavy atom. The summed E-state index contributed by atoms with van der Waals surface area (Å²) in [5.74, 6) is 0.707. The zero-order valence-electron chi connectivity index (χ0n) is 8.66. The second-order valence-corrected chi connectivity index (χ2v) is 4.12. The first-order chi connectivity index (χ1) is 6.79. The minimum atomic E-state index is 0.553. The fourth-order valence-corrected chi connectivity index (χ4v) is 2.32. The monoisotopic (exact) mass is 192 g/mol. The average Bonchev–Trinajstić information content (AvgIpc) is 2.20. The largest absolute Gasteiger partial charge is 0.383 e. The van der Waals surface area contributed by atoms with Crippen LogP contribution in [0, 0.1) is 0 Å². The molecule has 0 saturated carbocycles. The van der Waals surface area contributed by atoms with Gasteiger partial charge in [-0.15, -0.1) is 0 Å². The van der Waals surface area contributed by atoms with Crippen molar-refractivity contribution in [3.8, 4) is 0 Å². The van der Waals surface area contributed by atoms with Crippen molar-refractivity contribution in [3.05, 3.63) is 23.9 Å². The van der Waals surface area contributed by atoms with E-state index >= 15 is 0 Å². The lowest BCUT2D eigenvalue weighted by molar-refractivity contribution is -0.917. The first kappa shape index (κ1) is 9.46. The number of nitrogens with two attached hydrogens (primary N) is 1. The molecule has 14 heavy (non-hydrogen) atoms. The van der Waals surface area contributed by atoms with E-state index in [9.17, 15) is 0 Å². The van der Waals surface area contributed by atoms with Gasteiger partial charge in [-0.1, -0.05) is 0 Å². The van der Waals surface area contributed by atoms with Crippen molar-refractivity contribution in [2.45, 2.75) is 25.3 Å². The number of rotatable bonds is 1. The van der Waals surface area contributed by atoms with E-state index in [1.165, 1.54) is 31.4 Å². The smallest absolute Gasteiger partial charge is 0.132 e. The standard InChI is InChI=1S/C11H17N3/c1-14-8-3-2-6-10(14)9-5-4-7-13-11(9)12/h4-5,7,10H,2-3,6,8H2,1H3,(H2,12,13)/p+1. The van der Waals surface area contributed by atoms with E-state index in [1.54, 1.807) is 11.1 Å². The summed E-state index contributed by atoms with van der Waals surface area (Å²) in [5.41, 5.74) is 7.12. The first-order valence-electron chi connectivity index (χ1n) is 5.31. The van der Waals surface area contributed by atoms with Gasteiger partial charge in [-0.25, -0.2) is 4.98 Å². The van der Waals surface area contributed by atoms with Crippen LogP contribution in [0.15, 0.2) is 18.3 Å². The fourth-order valence-electron chi connectivity index (χ4n) is 2.32. The number of aromatic nitrogens is 1. The molecule has 0 aromatic carbocycles. The molecule has 0 aliphatic carbocycles. The van der Waals surface area contributed by atoms with Crippen molar-refractivity contribution in [1.29, 1.82) is 0 Å². The third kappa shape index (κ3) is 1.73. The van der Waals surface area contributed by atoms with Gasteiger partial charge in [0.25, 0.3) is 0 Å². The quantitative estimate of drug-likeness (QED) is 0.676. The molecular weight excluding hydrogens is 174 g/mol. The number of hydrogen-bond donors (Lipinski definition) is 2. The van der Waals surface area contributed by atoms with Gasteiger partial charge in [0.1, 0.15) is 11.9 Å². The van der Waals surface area contributed by atoms with Gasteiger partial charge in [0.15, 0.2) is 0 Å². The molecule has 2 heterocycles. The van der Waals surface area contributed by atoms with Crippen molar-refractivity contribution in [1.82, 2.24) is 4.98 Å². The van der Waals surface area contributed by atoms with Crippen LogP contribution in [-0.4, -0.2) is 18.6 Å². The van der Waals surface area contributed by atoms with Gasteiger partial charge >= 0.3 is 0 Å². The number of nitrogen functional groups attached to an aromatic ring is 1. The van der Waals surface area contributed by atoms with Gasteiger partial charge in [-0.3, -0.25) is 0 Å². The van der Waals surface area contributed by atoms with E-state index < -0.39 is 0 Å². The van der Waals surface area contributed by atoms with Gasteiger partial charge in [-0.05, 0) is 25.0 Å². The molecule has 1 fully saturated rings. The van der Waals surface area contributed by atoms with Crippen LogP contribution < -0.4 is 10.6 Å². The second kappa shape index (κ2) is 3.96. The fraction of sp³-hybridized carbons (Fsp3) is 0.545. The van der Waals surface area contributed by atoms with Gasteiger partial charge in [-0.2, -0.15) is 0 Å². The molecule has 0 radical (unpaired) electrons. The van der Waals surface area contributed by atoms with Crippen LogP contribution >= 0.6 is 0 Å². The molecule has 2 rings (SSSR count). The molecule has 1 aromatic rings. The maximum atomic E-state index is 5.89. The van der Waals surface area contributed by atoms with E-state index in [4.69, 9.17) is 5.73 Å². The summed E-state index contributed by atoms with van der Waals surface area (Å²) in [6.45, 7) is 1.25. The van der Waals surface area contributed by atoms with E-state index in [2.05, 4.69) is 18.1 Å². The Kier molecular flexibility index (Phi) is 2.68. The van der Waals surface area contributed by atoms with Crippen LogP contribution in [0.25, 0.3) is 0 Å². The van der Waals surface area contributed by atoms with Crippen LogP contribution in [0.3, 0.4) is 0 Å². The Bertz CT molecular complexity index is 311. The average molecular weight is 192 g/mol. The number of piperidine rings is 1. The molecule has 1 aromatic heterocycles. The molecule has 1 saturated heterocycles. The highest BCUT2D eigenvalue weighted by atomic mass is 15.1. The summed E-state index contributed by atoms with van der Waals surface area (Å²) in [6, 6.07) is 4.65. The maximum Gasteiger partial charge on any atom is 0.132 e. The highest BCUT2D eigenvalue weighted by Gasteiger charge is 2.25. The van der Waals surface area contributed by atoms with Crippen molar-refractivity contribution >= 4 is 5.82 Å². The molecule has 1 aliphatic rings. The number of nitrogens with zero attached hydrogens (tertiary/aromatic N) is 1. The predicted octanol–water partition coefficient (Wildman–Crippen LogP) is 0.403. The number of nitrogens with one attached hydrogen (secondary N) is 1. The Morgan fingerprint density at radius 1 is 1.50 bits per heavy atom. The molecule has 0 amide bonds. The molecule has 2 unspecified atom stereocenters. The second-order valence-electron chi connectivity index (χ2n) is 4.12. The number of hydrogen-bond acceptors (Lipinski definition) is 2. The zero-order valence-corrected chi connectivity index (χ0v) is 8.66. The van der Waals surface area contributed by atoms with E-state index in [0.717, 1.165) is 0 Å². The Balaban J connectivity index is 2.25. The summed E-state index contributed by atoms with van der Waals surface area (Å²) >= 11 is 0. The number of anilines is 1. The summed E-state index contributed by atoms with van der Waals surface area (Å²) in [6.07, 6.45) is 5.65. The van der Waals surface area contributed by atoms with Crippen molar-refractivity contribution in [3.63, 3.8) is 0 Å². The maximum absolute atomic E-state index is 5.89. The molecule has 2 atom stereocenters. The van der Waals surface area contributed by atoms with Crippen LogP contribution in [0.5, 0.6) is 0 Å². The molecule has 3 N–H and O–H groups in total. The summed E-state index contributed by atoms with van der Waals surface area (Å²) < 4.78 is 0. The van der Waals surface area contributed by atoms with E-state index in [1.807, 2.05) is 6.07 Å². The lowest BCUT2D eigenvalue weighted by Crippen LogP contribution is -3.10. The highest BCUT2D eigenvalue weighted by molar-refractivity contribution is 5.39. The van der Waals surface area contributed by atoms with Crippen molar-refractivity contribution in [2.75, 3.05) is 19.3 Å². The highest BCUT2D eigenvalue weighted by Crippen LogP contribution is 2.22. The minimum absolute atomic E-state index is 0.553. The van der Waals surface area contributed by atoms with Crippen LogP contribution in [-0.2, 0) is 0 Å². The van der Waals surface area contributed by atoms with E-state index in [-0.39, 0.29) is 0 Å². The number of pyridine rings is 1. The minimum Gasteiger partial charge on any atom is -0.383 e. The number of quaternary nitrogens is 1. The first-order valence-corrected chi connectivity index (χ1v) is 5.31. The van der Waals surface area contributed by atoms with Gasteiger partial charge in [0.05, 0.1) is 19.2 Å². The van der Waals surface area contributed by atoms with Crippen LogP contribution in [0.2, 0.25) is 0 Å². The summed E-state index contributed by atoms with van der Waals surface area (Å²) in [7, 11) is 2.25. The lowest BCUT2D eigenvalue weighted by Gasteiger charge is -2.29. The summed E-state index contributed by atoms with van der Waals surface area (Å²) in [5, 5.41) is 0.